The monoisotopic (exact) mass is 1130 g/mol. The predicted octanol–water partition coefficient (Wildman–Crippen LogP) is 21.0. The molecule has 0 aliphatic rings. The van der Waals surface area contributed by atoms with Gasteiger partial charge in [-0.1, -0.05) is 275 Å². The number of fused-ring (bicyclic) bond motifs is 6. The lowest BCUT2D eigenvalue weighted by Crippen LogP contribution is -1.95. The van der Waals surface area contributed by atoms with E-state index in [1.54, 1.807) is 0 Å². The molecule has 5 nitrogen and oxygen atoms in total. The smallest absolute Gasteiger partial charge is 0.0319 e. The summed E-state index contributed by atoms with van der Waals surface area (Å²) in [7, 11) is 5.00. The van der Waals surface area contributed by atoms with Gasteiger partial charge in [0.25, 0.3) is 0 Å². The van der Waals surface area contributed by atoms with Gasteiger partial charge in [0.15, 0.2) is 0 Å². The molecule has 11 aromatic carbocycles. The van der Waals surface area contributed by atoms with Crippen molar-refractivity contribution in [1.29, 1.82) is 0 Å². The summed E-state index contributed by atoms with van der Waals surface area (Å²) in [4.78, 5) is 0. The molecule has 11 aromatic rings. The minimum Gasteiger partial charge on any atom is -0.400 e. The molecule has 84 heavy (non-hydrogen) atoms. The highest BCUT2D eigenvalue weighted by Crippen LogP contribution is 2.35. The summed E-state index contributed by atoms with van der Waals surface area (Å²) in [6.07, 6.45) is 6.01. The highest BCUT2D eigenvalue weighted by molar-refractivity contribution is 6.03. The van der Waals surface area contributed by atoms with Crippen molar-refractivity contribution >= 4 is 64.6 Å². The van der Waals surface area contributed by atoms with Crippen molar-refractivity contribution in [2.75, 3.05) is 35.5 Å². The van der Waals surface area contributed by atoms with Crippen LogP contribution in [0, 0.1) is 0 Å². The first kappa shape index (κ1) is 72.9. The van der Waals surface area contributed by atoms with E-state index in [-0.39, 0.29) is 0 Å². The van der Waals surface area contributed by atoms with Crippen LogP contribution in [-0.2, 0) is 0 Å². The number of hydrogen-bond donors (Lipinski definition) is 5. The molecular formula is C79H102O5. The van der Waals surface area contributed by atoms with Gasteiger partial charge in [-0.15, -0.1) is 0 Å². The Bertz CT molecular complexity index is 3430. The van der Waals surface area contributed by atoms with Gasteiger partial charge in [0, 0.05) is 35.5 Å². The van der Waals surface area contributed by atoms with Crippen molar-refractivity contribution in [2.24, 2.45) is 0 Å². The van der Waals surface area contributed by atoms with Gasteiger partial charge in [0.1, 0.15) is 0 Å². The molecule has 0 heterocycles. The fraction of sp³-hybridized carbons (Fsp3) is 0.316. The molecule has 0 bridgehead atoms. The van der Waals surface area contributed by atoms with Gasteiger partial charge >= 0.3 is 0 Å². The van der Waals surface area contributed by atoms with Gasteiger partial charge in [-0.3, -0.25) is 0 Å². The first-order chi connectivity index (χ1) is 41.1. The van der Waals surface area contributed by atoms with Crippen LogP contribution in [-0.4, -0.2) is 61.1 Å². The van der Waals surface area contributed by atoms with Crippen molar-refractivity contribution in [2.45, 2.75) is 131 Å². The number of aliphatic hydroxyl groups excluding tert-OH is 5. The molecule has 0 saturated carbocycles. The van der Waals surface area contributed by atoms with Gasteiger partial charge in [-0.05, 0) is 172 Å². The third-order valence-electron chi connectivity index (χ3n) is 15.7. The van der Waals surface area contributed by atoms with E-state index in [4.69, 9.17) is 25.5 Å². The maximum atomic E-state index is 7.00. The maximum Gasteiger partial charge on any atom is 0.0319 e. The largest absolute Gasteiger partial charge is 0.400 e. The molecule has 0 aromatic heterocycles. The van der Waals surface area contributed by atoms with Crippen LogP contribution >= 0.6 is 0 Å². The van der Waals surface area contributed by atoms with E-state index in [0.717, 1.165) is 35.5 Å². The lowest BCUT2D eigenvalue weighted by molar-refractivity contribution is 0.399. The second-order valence-corrected chi connectivity index (χ2v) is 20.7. The van der Waals surface area contributed by atoms with Gasteiger partial charge < -0.3 is 25.5 Å². The van der Waals surface area contributed by atoms with E-state index in [1.165, 1.54) is 125 Å². The predicted molar refractivity (Wildman–Crippen MR) is 371 cm³/mol. The molecule has 11 rings (SSSR count). The number of hydrogen-bond acceptors (Lipinski definition) is 5. The summed E-state index contributed by atoms with van der Waals surface area (Å²) < 4.78 is 0. The summed E-state index contributed by atoms with van der Waals surface area (Å²) in [5.41, 5.74) is 7.33. The molecule has 0 aliphatic heterocycles. The first-order valence-corrected chi connectivity index (χ1v) is 30.1. The van der Waals surface area contributed by atoms with Crippen LogP contribution in [0.15, 0.2) is 224 Å². The number of benzene rings is 11. The Hall–Kier alpha value is -7.22. The van der Waals surface area contributed by atoms with Gasteiger partial charge in [0.05, 0.1) is 0 Å². The van der Waals surface area contributed by atoms with Crippen LogP contribution in [0.5, 0.6) is 0 Å². The Kier molecular flexibility index (Phi) is 36.2. The average Bonchev–Trinajstić information content (AvgIpc) is 3.09. The fourth-order valence-electron chi connectivity index (χ4n) is 9.95. The van der Waals surface area contributed by atoms with Crippen molar-refractivity contribution in [3.8, 4) is 0 Å². The zero-order valence-corrected chi connectivity index (χ0v) is 53.5. The summed E-state index contributed by atoms with van der Waals surface area (Å²) in [6.45, 7) is 22.7. The molecule has 0 saturated heterocycles. The second-order valence-electron chi connectivity index (χ2n) is 20.7. The summed E-state index contributed by atoms with van der Waals surface area (Å²) in [6, 6.07) is 80.9. The highest BCUT2D eigenvalue weighted by atomic mass is 16.2. The number of rotatable bonds is 10. The molecule has 448 valence electrons. The summed E-state index contributed by atoms with van der Waals surface area (Å²) in [5.74, 6) is 3.27. The molecule has 0 spiro atoms. The van der Waals surface area contributed by atoms with Crippen LogP contribution in [0.3, 0.4) is 0 Å². The first-order valence-electron chi connectivity index (χ1n) is 30.1. The van der Waals surface area contributed by atoms with E-state index < -0.39 is 0 Å². The van der Waals surface area contributed by atoms with Crippen molar-refractivity contribution < 1.29 is 25.5 Å². The van der Waals surface area contributed by atoms with Crippen LogP contribution in [0.1, 0.15) is 159 Å². The Labute approximate surface area is 506 Å². The van der Waals surface area contributed by atoms with E-state index in [1.807, 2.05) is 0 Å². The molecule has 0 aliphatic carbocycles. The van der Waals surface area contributed by atoms with Crippen molar-refractivity contribution in [3.63, 3.8) is 0 Å². The molecular weight excluding hydrogens is 1030 g/mol. The topological polar surface area (TPSA) is 101 Å². The Morgan fingerprint density at radius 3 is 1.00 bits per heavy atom. The lowest BCUT2D eigenvalue weighted by atomic mass is 9.88. The van der Waals surface area contributed by atoms with Gasteiger partial charge in [0.2, 0.25) is 0 Å². The maximum absolute atomic E-state index is 7.00. The standard InChI is InChI=1S/2C18H18.2C14H16.C10H14.5CH4O/c1-3-13(2)18-16-10-6-4-8-14(16)12-15-9-5-7-11-17(15)18;1-3-13(2)14-8-9-17-11-15-6-4-5-7-16(15)12-18(17)10-14;1-3-11(2)13-10-6-8-12-7-4-5-9-14(12)13;1-3-11(2)13-9-8-12-6-4-5-7-14(12)10-13;1-3-9(2)10-7-5-4-6-8-10;5*1-2/h2*4-13H,3H2,1-2H3;2*4-11H,3H2,1-2H3;4-9H,3H2,1-2H3;5*2H,1H3. The normalized spacial score (nSPS) is 11.8. The zero-order valence-electron chi connectivity index (χ0n) is 53.5. The SMILES string of the molecule is CCC(C)c1c2ccccc2cc2ccccc12.CCC(C)c1ccc2cc3ccccc3cc2c1.CCC(C)c1ccc2ccccc2c1.CCC(C)c1cccc2ccccc12.CCC(C)c1ccccc1.CO.CO.CO.CO.CO. The lowest BCUT2D eigenvalue weighted by Gasteiger charge is -2.16. The molecule has 0 amide bonds. The molecule has 5 heteroatoms. The highest BCUT2D eigenvalue weighted by Gasteiger charge is 2.13. The molecule has 0 fully saturated rings. The van der Waals surface area contributed by atoms with Gasteiger partial charge in [-0.2, -0.15) is 0 Å². The summed E-state index contributed by atoms with van der Waals surface area (Å²) >= 11 is 0. The van der Waals surface area contributed by atoms with E-state index >= 15 is 0 Å². The fourth-order valence-corrected chi connectivity index (χ4v) is 9.95. The Morgan fingerprint density at radius 1 is 0.226 bits per heavy atom. The molecule has 5 atom stereocenters. The minimum atomic E-state index is 0.598. The van der Waals surface area contributed by atoms with Crippen LogP contribution in [0.4, 0.5) is 0 Å². The average molecular weight is 1130 g/mol. The van der Waals surface area contributed by atoms with E-state index in [9.17, 15) is 0 Å². The quantitative estimate of drug-likeness (QED) is 0.0879. The Morgan fingerprint density at radius 2 is 0.536 bits per heavy atom. The van der Waals surface area contributed by atoms with Crippen molar-refractivity contribution in [1.82, 2.24) is 0 Å². The van der Waals surface area contributed by atoms with Crippen LogP contribution in [0.25, 0.3) is 64.6 Å². The van der Waals surface area contributed by atoms with Crippen molar-refractivity contribution in [3.05, 3.63) is 252 Å². The summed E-state index contributed by atoms with van der Waals surface area (Å²) in [5, 5.41) is 51.3. The third kappa shape index (κ3) is 21.4. The van der Waals surface area contributed by atoms with E-state index in [0.29, 0.717) is 29.6 Å². The van der Waals surface area contributed by atoms with Crippen LogP contribution < -0.4 is 0 Å². The zero-order chi connectivity index (χ0) is 62.4. The minimum absolute atomic E-state index is 0.598. The van der Waals surface area contributed by atoms with E-state index in [2.05, 4.69) is 294 Å². The van der Waals surface area contributed by atoms with Gasteiger partial charge in [-0.25, -0.2) is 0 Å². The molecule has 5 N–H and O–H groups in total. The Balaban J connectivity index is 0.000000349. The number of aliphatic hydroxyl groups is 5. The van der Waals surface area contributed by atoms with Crippen LogP contribution in [0.2, 0.25) is 0 Å². The molecule has 0 radical (unpaired) electrons. The third-order valence-corrected chi connectivity index (χ3v) is 15.7. The molecule has 5 unspecified atom stereocenters. The second kappa shape index (κ2) is 41.7.